The number of hydrogen-bond donors (Lipinski definition) is 2. The van der Waals surface area contributed by atoms with E-state index in [1.54, 1.807) is 14.0 Å². The van der Waals surface area contributed by atoms with Crippen molar-refractivity contribution in [3.63, 3.8) is 0 Å². The zero-order valence-electron chi connectivity index (χ0n) is 16.3. The lowest BCUT2D eigenvalue weighted by Crippen LogP contribution is -2.37. The van der Waals surface area contributed by atoms with Crippen molar-refractivity contribution < 1.29 is 17.9 Å². The SMILES string of the molecule is COc1cccc2c1N(CC(=O)Nc1cc(S(N)(=O)=O)cc(C)c1C)CCC2. The fraction of sp³-hybridized carbons (Fsp3) is 0.350. The largest absolute Gasteiger partial charge is 0.495 e. The van der Waals surface area contributed by atoms with Crippen LogP contribution in [0.1, 0.15) is 23.1 Å². The topological polar surface area (TPSA) is 102 Å². The Morgan fingerprint density at radius 3 is 2.71 bits per heavy atom. The summed E-state index contributed by atoms with van der Waals surface area (Å²) in [5, 5.41) is 8.08. The minimum Gasteiger partial charge on any atom is -0.495 e. The molecule has 0 spiro atoms. The number of anilines is 2. The summed E-state index contributed by atoms with van der Waals surface area (Å²) in [4.78, 5) is 14.7. The third kappa shape index (κ3) is 4.13. The molecule has 0 unspecified atom stereocenters. The number of ether oxygens (including phenoxy) is 1. The number of nitrogens with two attached hydrogens (primary N) is 1. The van der Waals surface area contributed by atoms with Gasteiger partial charge in [0.05, 0.1) is 24.2 Å². The summed E-state index contributed by atoms with van der Waals surface area (Å²) in [6.45, 7) is 4.50. The van der Waals surface area contributed by atoms with Gasteiger partial charge in [0.25, 0.3) is 0 Å². The lowest BCUT2D eigenvalue weighted by Gasteiger charge is -2.32. The number of carbonyl (C=O) groups is 1. The molecule has 8 heteroatoms. The number of benzene rings is 2. The van der Waals surface area contributed by atoms with Crippen LogP contribution in [0.4, 0.5) is 11.4 Å². The summed E-state index contributed by atoms with van der Waals surface area (Å²) >= 11 is 0. The smallest absolute Gasteiger partial charge is 0.243 e. The Kier molecular flexibility index (Phi) is 5.62. The number of sulfonamides is 1. The second-order valence-corrected chi connectivity index (χ2v) is 8.56. The van der Waals surface area contributed by atoms with Crippen molar-refractivity contribution in [2.45, 2.75) is 31.6 Å². The number of methoxy groups -OCH3 is 1. The maximum absolute atomic E-state index is 12.7. The third-order valence-electron chi connectivity index (χ3n) is 5.07. The van der Waals surface area contributed by atoms with E-state index in [-0.39, 0.29) is 17.3 Å². The van der Waals surface area contributed by atoms with Crippen molar-refractivity contribution in [2.75, 3.05) is 30.4 Å². The molecule has 0 saturated heterocycles. The van der Waals surface area contributed by atoms with Crippen LogP contribution < -0.4 is 20.1 Å². The van der Waals surface area contributed by atoms with E-state index in [1.807, 2.05) is 30.0 Å². The van der Waals surface area contributed by atoms with E-state index < -0.39 is 10.0 Å². The van der Waals surface area contributed by atoms with Crippen molar-refractivity contribution >= 4 is 27.3 Å². The predicted molar refractivity (Wildman–Crippen MR) is 109 cm³/mol. The number of carbonyl (C=O) groups excluding carboxylic acids is 1. The van der Waals surface area contributed by atoms with Crippen LogP contribution in [0.15, 0.2) is 35.2 Å². The van der Waals surface area contributed by atoms with E-state index in [0.717, 1.165) is 47.5 Å². The van der Waals surface area contributed by atoms with E-state index in [2.05, 4.69) is 5.32 Å². The zero-order valence-corrected chi connectivity index (χ0v) is 17.1. The molecule has 0 saturated carbocycles. The van der Waals surface area contributed by atoms with Crippen LogP contribution in [0.5, 0.6) is 5.75 Å². The highest BCUT2D eigenvalue weighted by atomic mass is 32.2. The standard InChI is InChI=1S/C20H25N3O4S/c1-13-10-16(28(21,25)26)11-17(14(13)2)22-19(24)12-23-9-5-7-15-6-4-8-18(27-3)20(15)23/h4,6,8,10-11H,5,7,9,12H2,1-3H3,(H,22,24)(H2,21,25,26). The summed E-state index contributed by atoms with van der Waals surface area (Å²) in [5.41, 5.74) is 4.09. The third-order valence-corrected chi connectivity index (χ3v) is 5.96. The first kappa shape index (κ1) is 20.2. The minimum absolute atomic E-state index is 0.0177. The van der Waals surface area contributed by atoms with Crippen LogP contribution in [0.3, 0.4) is 0 Å². The van der Waals surface area contributed by atoms with Gasteiger partial charge in [-0.2, -0.15) is 0 Å². The highest BCUT2D eigenvalue weighted by molar-refractivity contribution is 7.89. The first-order valence-electron chi connectivity index (χ1n) is 9.05. The van der Waals surface area contributed by atoms with E-state index in [4.69, 9.17) is 9.88 Å². The van der Waals surface area contributed by atoms with Gasteiger partial charge >= 0.3 is 0 Å². The maximum Gasteiger partial charge on any atom is 0.243 e. The number of hydrogen-bond acceptors (Lipinski definition) is 5. The van der Waals surface area contributed by atoms with Gasteiger partial charge in [0.15, 0.2) is 0 Å². The molecular formula is C20H25N3O4S. The van der Waals surface area contributed by atoms with Gasteiger partial charge in [-0.15, -0.1) is 0 Å². The number of nitrogens with one attached hydrogen (secondary N) is 1. The van der Waals surface area contributed by atoms with Gasteiger partial charge in [0, 0.05) is 12.2 Å². The molecule has 28 heavy (non-hydrogen) atoms. The first-order valence-corrected chi connectivity index (χ1v) is 10.6. The van der Waals surface area contributed by atoms with Crippen molar-refractivity contribution in [1.82, 2.24) is 0 Å². The van der Waals surface area contributed by atoms with Crippen LogP contribution in [0.25, 0.3) is 0 Å². The second-order valence-electron chi connectivity index (χ2n) is 7.00. The summed E-state index contributed by atoms with van der Waals surface area (Å²) in [7, 11) is -2.24. The first-order chi connectivity index (χ1) is 13.2. The summed E-state index contributed by atoms with van der Waals surface area (Å²) in [6, 6.07) is 8.79. The van der Waals surface area contributed by atoms with Crippen molar-refractivity contribution in [2.24, 2.45) is 5.14 Å². The Bertz CT molecular complexity index is 1000. The quantitative estimate of drug-likeness (QED) is 0.798. The lowest BCUT2D eigenvalue weighted by atomic mass is 10.0. The van der Waals surface area contributed by atoms with Gasteiger partial charge in [-0.05, 0) is 61.6 Å². The average Bonchev–Trinajstić information content (AvgIpc) is 2.64. The molecule has 1 aliphatic rings. The molecule has 150 valence electrons. The highest BCUT2D eigenvalue weighted by Crippen LogP contribution is 2.36. The van der Waals surface area contributed by atoms with Gasteiger partial charge in [0.2, 0.25) is 15.9 Å². The molecule has 0 aliphatic carbocycles. The number of amides is 1. The van der Waals surface area contributed by atoms with Gasteiger partial charge in [-0.1, -0.05) is 12.1 Å². The highest BCUT2D eigenvalue weighted by Gasteiger charge is 2.23. The Labute approximate surface area is 165 Å². The molecule has 0 bridgehead atoms. The molecule has 7 nitrogen and oxygen atoms in total. The molecule has 0 fully saturated rings. The number of aryl methyl sites for hydroxylation is 2. The number of para-hydroxylation sites is 1. The summed E-state index contributed by atoms with van der Waals surface area (Å²) < 4.78 is 28.9. The molecule has 1 aliphatic heterocycles. The van der Waals surface area contributed by atoms with Gasteiger partial charge in [-0.25, -0.2) is 13.6 Å². The molecule has 1 heterocycles. The molecule has 2 aromatic carbocycles. The molecule has 0 radical (unpaired) electrons. The van der Waals surface area contributed by atoms with Gasteiger partial charge in [0.1, 0.15) is 5.75 Å². The molecular weight excluding hydrogens is 378 g/mol. The van der Waals surface area contributed by atoms with E-state index >= 15 is 0 Å². The number of primary sulfonamides is 1. The van der Waals surface area contributed by atoms with Crippen LogP contribution in [0, 0.1) is 13.8 Å². The van der Waals surface area contributed by atoms with Gasteiger partial charge < -0.3 is 15.0 Å². The second kappa shape index (κ2) is 7.81. The monoisotopic (exact) mass is 403 g/mol. The molecule has 0 aromatic heterocycles. The molecule has 3 rings (SSSR count). The van der Waals surface area contributed by atoms with E-state index in [9.17, 15) is 13.2 Å². The fourth-order valence-electron chi connectivity index (χ4n) is 3.51. The summed E-state index contributed by atoms with van der Waals surface area (Å²) in [5.74, 6) is 0.515. The Morgan fingerprint density at radius 2 is 2.04 bits per heavy atom. The van der Waals surface area contributed by atoms with Crippen molar-refractivity contribution in [3.05, 3.63) is 47.0 Å². The van der Waals surface area contributed by atoms with Crippen LogP contribution >= 0.6 is 0 Å². The van der Waals surface area contributed by atoms with Crippen LogP contribution in [0.2, 0.25) is 0 Å². The summed E-state index contributed by atoms with van der Waals surface area (Å²) in [6.07, 6.45) is 1.89. The maximum atomic E-state index is 12.7. The van der Waals surface area contributed by atoms with Crippen molar-refractivity contribution in [1.29, 1.82) is 0 Å². The van der Waals surface area contributed by atoms with Crippen molar-refractivity contribution in [3.8, 4) is 5.75 Å². The minimum atomic E-state index is -3.85. The molecule has 1 amide bonds. The Morgan fingerprint density at radius 1 is 1.29 bits per heavy atom. The lowest BCUT2D eigenvalue weighted by molar-refractivity contribution is -0.115. The van der Waals surface area contributed by atoms with Crippen LogP contribution in [-0.2, 0) is 21.2 Å². The molecule has 0 atom stereocenters. The fourth-order valence-corrected chi connectivity index (χ4v) is 4.13. The number of fused-ring (bicyclic) bond motifs is 1. The Balaban J connectivity index is 1.84. The normalized spacial score (nSPS) is 13.8. The predicted octanol–water partition coefficient (Wildman–Crippen LogP) is 2.35. The average molecular weight is 404 g/mol. The number of nitrogens with zero attached hydrogens (tertiary/aromatic N) is 1. The zero-order chi connectivity index (χ0) is 20.5. The number of rotatable bonds is 5. The molecule has 2 aromatic rings. The van der Waals surface area contributed by atoms with Crippen LogP contribution in [-0.4, -0.2) is 34.5 Å². The van der Waals surface area contributed by atoms with E-state index in [0.29, 0.717) is 5.69 Å². The molecule has 3 N–H and O–H groups in total. The van der Waals surface area contributed by atoms with E-state index in [1.165, 1.54) is 12.1 Å². The Hall–Kier alpha value is -2.58. The van der Waals surface area contributed by atoms with Gasteiger partial charge in [-0.3, -0.25) is 4.79 Å².